The predicted octanol–water partition coefficient (Wildman–Crippen LogP) is 1.73. The van der Waals surface area contributed by atoms with Crippen LogP contribution in [-0.4, -0.2) is 15.0 Å². The van der Waals surface area contributed by atoms with E-state index < -0.39 is 15.4 Å². The molecule has 0 fully saturated rings. The topological polar surface area (TPSA) is 84.2 Å². The fraction of sp³-hybridized carbons (Fsp3) is 0.250. The number of nitrogens with two attached hydrogens (primary N) is 1. The van der Waals surface area contributed by atoms with Gasteiger partial charge in [0.05, 0.1) is 0 Å². The fourth-order valence-electron chi connectivity index (χ4n) is 2.80. The molecular weight excluding hydrogens is 298 g/mol. The molecule has 0 spiro atoms. The van der Waals surface area contributed by atoms with E-state index in [2.05, 4.69) is 34.9 Å². The molecule has 4 N–H and O–H groups in total. The molecule has 2 heterocycles. The van der Waals surface area contributed by atoms with Gasteiger partial charge < -0.3 is 5.32 Å². The average molecular weight is 317 g/mol. The van der Waals surface area contributed by atoms with E-state index in [1.54, 1.807) is 6.07 Å². The number of benzene rings is 2. The van der Waals surface area contributed by atoms with Crippen molar-refractivity contribution in [1.29, 1.82) is 0 Å². The van der Waals surface area contributed by atoms with Crippen LogP contribution in [0.2, 0.25) is 0 Å². The van der Waals surface area contributed by atoms with Crippen LogP contribution >= 0.6 is 0 Å². The first-order chi connectivity index (χ1) is 10.6. The Morgan fingerprint density at radius 1 is 1.00 bits per heavy atom. The molecule has 0 bridgehead atoms. The van der Waals surface area contributed by atoms with Crippen LogP contribution in [0.25, 0.3) is 0 Å². The summed E-state index contributed by atoms with van der Waals surface area (Å²) in [5.41, 5.74) is 4.54. The van der Waals surface area contributed by atoms with Gasteiger partial charge in [0.2, 0.25) is 10.0 Å². The molecule has 0 saturated carbocycles. The van der Waals surface area contributed by atoms with E-state index in [4.69, 9.17) is 5.14 Å². The van der Waals surface area contributed by atoms with Gasteiger partial charge in [0.15, 0.2) is 5.37 Å². The standard InChI is InChI=1S/C8H10N2O2S.C8H9N/c9-13(11,12)8-7-4-2-1-3-6(7)5-10-8;1-2-4-8-7(3-1)5-6-9-8/h1-4,8,10H,5H2,(H2,9,11,12);1-4,9H,5-6H2. The Morgan fingerprint density at radius 2 is 1.68 bits per heavy atom. The zero-order valence-electron chi connectivity index (χ0n) is 12.1. The van der Waals surface area contributed by atoms with Crippen molar-refractivity contribution in [3.8, 4) is 0 Å². The van der Waals surface area contributed by atoms with Gasteiger partial charge >= 0.3 is 0 Å². The minimum absolute atomic E-state index is 0.567. The Balaban J connectivity index is 0.000000139. The van der Waals surface area contributed by atoms with E-state index in [1.165, 1.54) is 17.7 Å². The van der Waals surface area contributed by atoms with Crippen molar-refractivity contribution in [2.24, 2.45) is 5.14 Å². The lowest BCUT2D eigenvalue weighted by Crippen LogP contribution is -2.28. The number of para-hydroxylation sites is 1. The van der Waals surface area contributed by atoms with Crippen molar-refractivity contribution in [3.63, 3.8) is 0 Å². The summed E-state index contributed by atoms with van der Waals surface area (Å²) >= 11 is 0. The Morgan fingerprint density at radius 3 is 2.41 bits per heavy atom. The summed E-state index contributed by atoms with van der Waals surface area (Å²) in [7, 11) is -3.53. The summed E-state index contributed by atoms with van der Waals surface area (Å²) in [6.07, 6.45) is 1.19. The van der Waals surface area contributed by atoms with Crippen LogP contribution in [0.4, 0.5) is 5.69 Å². The average Bonchev–Trinajstić information content (AvgIpc) is 3.14. The van der Waals surface area contributed by atoms with Gasteiger partial charge in [0, 0.05) is 18.8 Å². The highest BCUT2D eigenvalue weighted by Gasteiger charge is 2.29. The third-order valence-electron chi connectivity index (χ3n) is 3.87. The summed E-state index contributed by atoms with van der Waals surface area (Å²) < 4.78 is 22.2. The Hall–Kier alpha value is -1.89. The summed E-state index contributed by atoms with van der Waals surface area (Å²) in [5.74, 6) is 0. The molecule has 2 aliphatic heterocycles. The molecule has 0 aromatic heterocycles. The molecule has 1 unspecified atom stereocenters. The lowest BCUT2D eigenvalue weighted by molar-refractivity contribution is 0.570. The van der Waals surface area contributed by atoms with Crippen LogP contribution in [0.1, 0.15) is 22.1 Å². The van der Waals surface area contributed by atoms with Crippen LogP contribution in [0, 0.1) is 0 Å². The van der Waals surface area contributed by atoms with Crippen LogP contribution in [-0.2, 0) is 23.0 Å². The number of fused-ring (bicyclic) bond motifs is 2. The second-order valence-electron chi connectivity index (χ2n) is 5.38. The van der Waals surface area contributed by atoms with Crippen molar-refractivity contribution in [2.45, 2.75) is 18.3 Å². The number of sulfonamides is 1. The van der Waals surface area contributed by atoms with Gasteiger partial charge in [0.25, 0.3) is 0 Å². The third kappa shape index (κ3) is 3.14. The van der Waals surface area contributed by atoms with Gasteiger partial charge in [-0.05, 0) is 29.2 Å². The first-order valence-electron chi connectivity index (χ1n) is 7.20. The smallest absolute Gasteiger partial charge is 0.229 e. The highest BCUT2D eigenvalue weighted by atomic mass is 32.2. The van der Waals surface area contributed by atoms with Crippen molar-refractivity contribution in [3.05, 3.63) is 65.2 Å². The van der Waals surface area contributed by atoms with Crippen LogP contribution in [0.15, 0.2) is 48.5 Å². The van der Waals surface area contributed by atoms with E-state index in [0.717, 1.165) is 17.7 Å². The Bertz CT molecular complexity index is 751. The summed E-state index contributed by atoms with van der Waals surface area (Å²) in [6.45, 7) is 1.68. The Kier molecular flexibility index (Phi) is 4.15. The van der Waals surface area contributed by atoms with E-state index in [0.29, 0.717) is 6.54 Å². The molecular formula is C16H19N3O2S. The van der Waals surface area contributed by atoms with E-state index in [9.17, 15) is 8.42 Å². The first-order valence-corrected chi connectivity index (χ1v) is 8.81. The quantitative estimate of drug-likeness (QED) is 0.748. The lowest BCUT2D eigenvalue weighted by Gasteiger charge is -2.08. The van der Waals surface area contributed by atoms with Gasteiger partial charge in [-0.3, -0.25) is 5.32 Å². The van der Waals surface area contributed by atoms with Crippen LogP contribution < -0.4 is 15.8 Å². The van der Waals surface area contributed by atoms with Gasteiger partial charge in [-0.25, -0.2) is 13.6 Å². The molecule has 0 amide bonds. The molecule has 6 heteroatoms. The van der Waals surface area contributed by atoms with Crippen molar-refractivity contribution in [1.82, 2.24) is 5.32 Å². The molecule has 0 aliphatic carbocycles. The molecule has 2 aliphatic rings. The molecule has 0 radical (unpaired) electrons. The Labute approximate surface area is 130 Å². The van der Waals surface area contributed by atoms with Crippen molar-refractivity contribution < 1.29 is 8.42 Å². The molecule has 22 heavy (non-hydrogen) atoms. The summed E-state index contributed by atoms with van der Waals surface area (Å²) in [4.78, 5) is 0. The monoisotopic (exact) mass is 317 g/mol. The number of anilines is 1. The van der Waals surface area contributed by atoms with Crippen molar-refractivity contribution in [2.75, 3.05) is 11.9 Å². The van der Waals surface area contributed by atoms with Crippen LogP contribution in [0.5, 0.6) is 0 Å². The summed E-state index contributed by atoms with van der Waals surface area (Å²) in [5, 5.41) is 10.5. The van der Waals surface area contributed by atoms with E-state index in [-0.39, 0.29) is 0 Å². The molecule has 0 saturated heterocycles. The number of hydrogen-bond acceptors (Lipinski definition) is 4. The van der Waals surface area contributed by atoms with E-state index >= 15 is 0 Å². The minimum atomic E-state index is -3.53. The van der Waals surface area contributed by atoms with Gasteiger partial charge in [0.1, 0.15) is 0 Å². The molecule has 5 nitrogen and oxygen atoms in total. The number of nitrogens with one attached hydrogen (secondary N) is 2. The van der Waals surface area contributed by atoms with E-state index in [1.807, 2.05) is 18.2 Å². The second-order valence-corrected chi connectivity index (χ2v) is 7.03. The van der Waals surface area contributed by atoms with Crippen molar-refractivity contribution >= 4 is 15.7 Å². The first kappa shape index (κ1) is 15.0. The van der Waals surface area contributed by atoms with Gasteiger partial charge in [-0.2, -0.15) is 0 Å². The molecule has 2 aromatic carbocycles. The molecule has 1 atom stereocenters. The predicted molar refractivity (Wildman–Crippen MR) is 87.8 cm³/mol. The number of primary sulfonamides is 1. The lowest BCUT2D eigenvalue weighted by atomic mass is 10.1. The van der Waals surface area contributed by atoms with Crippen LogP contribution in [0.3, 0.4) is 0 Å². The second kappa shape index (κ2) is 6.08. The highest BCUT2D eigenvalue weighted by Crippen LogP contribution is 2.27. The largest absolute Gasteiger partial charge is 0.384 e. The number of rotatable bonds is 1. The zero-order chi connectivity index (χ0) is 15.6. The SMILES string of the molecule is NS(=O)(=O)C1NCc2ccccc21.c1ccc2c(c1)CCN2. The zero-order valence-corrected chi connectivity index (χ0v) is 12.9. The summed E-state index contributed by atoms with van der Waals surface area (Å²) in [6, 6.07) is 15.8. The maximum Gasteiger partial charge on any atom is 0.229 e. The highest BCUT2D eigenvalue weighted by molar-refractivity contribution is 7.89. The maximum atomic E-state index is 11.1. The number of hydrogen-bond donors (Lipinski definition) is 3. The molecule has 2 aromatic rings. The normalized spacial score (nSPS) is 18.7. The third-order valence-corrected chi connectivity index (χ3v) is 4.95. The maximum absolute atomic E-state index is 11.1. The minimum Gasteiger partial charge on any atom is -0.384 e. The molecule has 116 valence electrons. The fourth-order valence-corrected chi connectivity index (χ4v) is 3.70. The van der Waals surface area contributed by atoms with Gasteiger partial charge in [-0.1, -0.05) is 42.5 Å². The molecule has 4 rings (SSSR count). The van der Waals surface area contributed by atoms with Gasteiger partial charge in [-0.15, -0.1) is 0 Å².